The number of nitrogens with zero attached hydrogens (tertiary/aromatic N) is 4. The van der Waals surface area contributed by atoms with Gasteiger partial charge in [-0.25, -0.2) is 4.98 Å². The first-order valence-electron chi connectivity index (χ1n) is 9.49. The minimum atomic E-state index is -0.424. The molecule has 1 amide bonds. The van der Waals surface area contributed by atoms with E-state index in [-0.39, 0.29) is 11.7 Å². The average molecular weight is 388 g/mol. The van der Waals surface area contributed by atoms with E-state index in [1.54, 1.807) is 23.6 Å². The van der Waals surface area contributed by atoms with Crippen molar-refractivity contribution >= 4 is 22.4 Å². The highest BCUT2D eigenvalue weighted by molar-refractivity contribution is 6.08. The van der Waals surface area contributed by atoms with E-state index in [0.717, 1.165) is 35.1 Å². The number of H-pyrrole nitrogens is 2. The molecule has 8 heteroatoms. The molecule has 0 radical (unpaired) electrons. The molecular formula is C21H20N6O2. The number of benzene rings is 1. The van der Waals surface area contributed by atoms with Gasteiger partial charge < -0.3 is 19.6 Å². The van der Waals surface area contributed by atoms with E-state index in [4.69, 9.17) is 0 Å². The van der Waals surface area contributed by atoms with Crippen LogP contribution in [0.1, 0.15) is 23.7 Å². The van der Waals surface area contributed by atoms with Gasteiger partial charge in [-0.3, -0.25) is 9.89 Å². The zero-order valence-electron chi connectivity index (χ0n) is 15.6. The summed E-state index contributed by atoms with van der Waals surface area (Å²) in [6.45, 7) is 1.24. The van der Waals surface area contributed by atoms with Crippen molar-refractivity contribution in [1.29, 1.82) is 0 Å². The number of carbonyl (C=O) groups excluding carboxylic acids is 1. The Morgan fingerprint density at radius 2 is 2.03 bits per heavy atom. The fourth-order valence-electron chi connectivity index (χ4n) is 4.04. The van der Waals surface area contributed by atoms with Crippen LogP contribution in [-0.4, -0.2) is 47.2 Å². The molecule has 3 aromatic heterocycles. The maximum Gasteiger partial charge on any atom is 0.289 e. The second kappa shape index (κ2) is 6.97. The summed E-state index contributed by atoms with van der Waals surface area (Å²) in [7, 11) is 0. The van der Waals surface area contributed by atoms with Crippen LogP contribution in [0.25, 0.3) is 16.5 Å². The van der Waals surface area contributed by atoms with Crippen molar-refractivity contribution in [1.82, 2.24) is 29.6 Å². The SMILES string of the molecule is O=C1C(O)=C(c2c[nH]c3ccccc23)C(c2ccn[nH]2)N1CCCn1ccnc1. The van der Waals surface area contributed by atoms with Gasteiger partial charge in [0.05, 0.1) is 12.0 Å². The Hall–Kier alpha value is -3.81. The van der Waals surface area contributed by atoms with Crippen LogP contribution in [-0.2, 0) is 11.3 Å². The van der Waals surface area contributed by atoms with Crippen molar-refractivity contribution in [2.75, 3.05) is 6.54 Å². The fraction of sp³-hybridized carbons (Fsp3) is 0.190. The molecule has 1 atom stereocenters. The van der Waals surface area contributed by atoms with E-state index in [9.17, 15) is 9.90 Å². The summed E-state index contributed by atoms with van der Waals surface area (Å²) >= 11 is 0. The number of aromatic amines is 2. The Kier molecular flexibility index (Phi) is 4.16. The van der Waals surface area contributed by atoms with E-state index in [0.29, 0.717) is 12.1 Å². The quantitative estimate of drug-likeness (QED) is 0.472. The fourth-order valence-corrected chi connectivity index (χ4v) is 4.04. The lowest BCUT2D eigenvalue weighted by Crippen LogP contribution is -2.32. The third-order valence-corrected chi connectivity index (χ3v) is 5.37. The number of aliphatic hydroxyl groups is 1. The van der Waals surface area contributed by atoms with Crippen LogP contribution in [0.3, 0.4) is 0 Å². The highest BCUT2D eigenvalue weighted by Gasteiger charge is 2.42. The van der Waals surface area contributed by atoms with Crippen LogP contribution in [0.5, 0.6) is 0 Å². The number of imidazole rings is 1. The Labute approximate surface area is 166 Å². The molecule has 1 aromatic carbocycles. The molecule has 8 nitrogen and oxygen atoms in total. The first-order chi connectivity index (χ1) is 14.2. The van der Waals surface area contributed by atoms with Gasteiger partial charge in [-0.1, -0.05) is 18.2 Å². The average Bonchev–Trinajstić information content (AvgIpc) is 3.52. The van der Waals surface area contributed by atoms with E-state index in [2.05, 4.69) is 20.2 Å². The van der Waals surface area contributed by atoms with E-state index >= 15 is 0 Å². The smallest absolute Gasteiger partial charge is 0.289 e. The molecule has 0 saturated heterocycles. The summed E-state index contributed by atoms with van der Waals surface area (Å²) in [6.07, 6.45) is 9.63. The second-order valence-electron chi connectivity index (χ2n) is 7.08. The topological polar surface area (TPSA) is 103 Å². The monoisotopic (exact) mass is 388 g/mol. The Balaban J connectivity index is 1.52. The Bertz CT molecular complexity index is 1170. The van der Waals surface area contributed by atoms with E-state index < -0.39 is 6.04 Å². The lowest BCUT2D eigenvalue weighted by molar-refractivity contribution is -0.129. The molecule has 0 spiro atoms. The summed E-state index contributed by atoms with van der Waals surface area (Å²) in [5, 5.41) is 18.8. The van der Waals surface area contributed by atoms with Crippen molar-refractivity contribution in [2.24, 2.45) is 0 Å². The van der Waals surface area contributed by atoms with E-state index in [1.807, 2.05) is 47.3 Å². The summed E-state index contributed by atoms with van der Waals surface area (Å²) in [5.41, 5.74) is 3.14. The number of aliphatic hydroxyl groups excluding tert-OH is 1. The predicted molar refractivity (Wildman–Crippen MR) is 108 cm³/mol. The van der Waals surface area contributed by atoms with Gasteiger partial charge in [0.15, 0.2) is 5.76 Å². The van der Waals surface area contributed by atoms with E-state index in [1.165, 1.54) is 0 Å². The number of para-hydroxylation sites is 1. The van der Waals surface area contributed by atoms with Crippen LogP contribution in [0.15, 0.2) is 67.2 Å². The molecule has 0 aliphatic carbocycles. The number of aryl methyl sites for hydroxylation is 1. The number of nitrogens with one attached hydrogen (secondary N) is 2. The lowest BCUT2D eigenvalue weighted by atomic mass is 9.96. The molecule has 5 rings (SSSR count). The Morgan fingerprint density at radius 3 is 2.83 bits per heavy atom. The standard InChI is InChI=1S/C21H20N6O2/c28-20-18(15-12-23-16-5-2-1-4-14(15)16)19(17-6-7-24-25-17)27(21(20)29)10-3-9-26-11-8-22-13-26/h1-2,4-8,11-13,19,23,28H,3,9-10H2,(H,24,25). The van der Waals surface area contributed by atoms with Crippen LogP contribution < -0.4 is 0 Å². The number of amides is 1. The van der Waals surface area contributed by atoms with Gasteiger partial charge in [0.1, 0.15) is 6.04 Å². The first-order valence-corrected chi connectivity index (χ1v) is 9.49. The van der Waals surface area contributed by atoms with Crippen molar-refractivity contribution < 1.29 is 9.90 Å². The molecule has 1 unspecified atom stereocenters. The maximum absolute atomic E-state index is 13.0. The van der Waals surface area contributed by atoms with Crippen LogP contribution in [0.4, 0.5) is 0 Å². The molecular weight excluding hydrogens is 368 g/mol. The summed E-state index contributed by atoms with van der Waals surface area (Å²) in [5.74, 6) is -0.576. The number of fused-ring (bicyclic) bond motifs is 1. The van der Waals surface area contributed by atoms with Crippen molar-refractivity contribution in [2.45, 2.75) is 19.0 Å². The van der Waals surface area contributed by atoms with Crippen molar-refractivity contribution in [3.05, 3.63) is 78.5 Å². The largest absolute Gasteiger partial charge is 0.503 e. The second-order valence-corrected chi connectivity index (χ2v) is 7.08. The van der Waals surface area contributed by atoms with Gasteiger partial charge in [-0.05, 0) is 18.6 Å². The van der Waals surface area contributed by atoms with Crippen molar-refractivity contribution in [3.8, 4) is 0 Å². The zero-order valence-corrected chi connectivity index (χ0v) is 15.6. The third kappa shape index (κ3) is 2.89. The molecule has 1 aliphatic rings. The lowest BCUT2D eigenvalue weighted by Gasteiger charge is -2.26. The highest BCUT2D eigenvalue weighted by Crippen LogP contribution is 2.44. The number of hydrogen-bond acceptors (Lipinski definition) is 4. The summed E-state index contributed by atoms with van der Waals surface area (Å²) < 4.78 is 1.97. The van der Waals surface area contributed by atoms with Crippen LogP contribution >= 0.6 is 0 Å². The highest BCUT2D eigenvalue weighted by atomic mass is 16.3. The predicted octanol–water partition coefficient (Wildman–Crippen LogP) is 3.03. The molecule has 146 valence electrons. The van der Waals surface area contributed by atoms with Gasteiger partial charge in [-0.2, -0.15) is 5.10 Å². The van der Waals surface area contributed by atoms with Gasteiger partial charge in [-0.15, -0.1) is 0 Å². The van der Waals surface area contributed by atoms with Crippen LogP contribution in [0.2, 0.25) is 0 Å². The van der Waals surface area contributed by atoms with Gasteiger partial charge in [0.2, 0.25) is 0 Å². The molecule has 1 aliphatic heterocycles. The summed E-state index contributed by atoms with van der Waals surface area (Å²) in [4.78, 5) is 22.0. The molecule has 4 aromatic rings. The zero-order chi connectivity index (χ0) is 19.8. The normalized spacial score (nSPS) is 17.0. The molecule has 3 N–H and O–H groups in total. The Morgan fingerprint density at radius 1 is 1.14 bits per heavy atom. The molecule has 0 saturated carbocycles. The van der Waals surface area contributed by atoms with Crippen molar-refractivity contribution in [3.63, 3.8) is 0 Å². The summed E-state index contributed by atoms with van der Waals surface area (Å²) in [6, 6.07) is 9.27. The molecule has 0 fully saturated rings. The molecule has 29 heavy (non-hydrogen) atoms. The number of aromatic nitrogens is 5. The maximum atomic E-state index is 13.0. The molecule has 4 heterocycles. The van der Waals surface area contributed by atoms with Gasteiger partial charge in [0, 0.05) is 59.9 Å². The van der Waals surface area contributed by atoms with Gasteiger partial charge in [0.25, 0.3) is 5.91 Å². The number of carbonyl (C=O) groups is 1. The first kappa shape index (κ1) is 17.3. The van der Waals surface area contributed by atoms with Gasteiger partial charge >= 0.3 is 0 Å². The molecule has 0 bridgehead atoms. The number of hydrogen-bond donors (Lipinski definition) is 3. The minimum absolute atomic E-state index is 0.211. The minimum Gasteiger partial charge on any atom is -0.503 e. The third-order valence-electron chi connectivity index (χ3n) is 5.37. The number of rotatable bonds is 6. The van der Waals surface area contributed by atoms with Crippen LogP contribution in [0, 0.1) is 0 Å².